The van der Waals surface area contributed by atoms with Crippen molar-refractivity contribution in [2.75, 3.05) is 12.1 Å². The van der Waals surface area contributed by atoms with Crippen molar-refractivity contribution in [1.29, 1.82) is 0 Å². The second-order valence-electron chi connectivity index (χ2n) is 4.34. The first kappa shape index (κ1) is 12.5. The van der Waals surface area contributed by atoms with Gasteiger partial charge < -0.3 is 19.9 Å². The van der Waals surface area contributed by atoms with Crippen LogP contribution >= 0.6 is 0 Å². The zero-order valence-electron chi connectivity index (χ0n) is 10.6. The second-order valence-corrected chi connectivity index (χ2v) is 4.34. The molecule has 0 unspecified atom stereocenters. The van der Waals surface area contributed by atoms with Gasteiger partial charge in [-0.25, -0.2) is 0 Å². The number of carbonyl (C=O) groups excluding carboxylic acids is 1. The van der Waals surface area contributed by atoms with Crippen LogP contribution in [0.15, 0.2) is 42.5 Å². The van der Waals surface area contributed by atoms with Crippen LogP contribution in [0, 0.1) is 0 Å². The SMILES string of the molecule is O=C(Nc1ccccc1CO)c1ccc2c(c1)OCO2. The minimum Gasteiger partial charge on any atom is -0.454 e. The number of aliphatic hydroxyl groups is 1. The van der Waals surface area contributed by atoms with Crippen molar-refractivity contribution < 1.29 is 19.4 Å². The minimum atomic E-state index is -0.260. The molecule has 0 bridgehead atoms. The summed E-state index contributed by atoms with van der Waals surface area (Å²) >= 11 is 0. The predicted octanol–water partition coefficient (Wildman–Crippen LogP) is 2.16. The lowest BCUT2D eigenvalue weighted by Crippen LogP contribution is -2.13. The number of aliphatic hydroxyl groups excluding tert-OH is 1. The molecule has 1 amide bonds. The predicted molar refractivity (Wildman–Crippen MR) is 72.9 cm³/mol. The lowest BCUT2D eigenvalue weighted by atomic mass is 10.1. The smallest absolute Gasteiger partial charge is 0.255 e. The van der Waals surface area contributed by atoms with E-state index >= 15 is 0 Å². The molecule has 1 heterocycles. The van der Waals surface area contributed by atoms with Gasteiger partial charge in [-0.3, -0.25) is 4.79 Å². The van der Waals surface area contributed by atoms with Crippen molar-refractivity contribution in [2.24, 2.45) is 0 Å². The van der Waals surface area contributed by atoms with Gasteiger partial charge in [0.15, 0.2) is 11.5 Å². The van der Waals surface area contributed by atoms with Crippen molar-refractivity contribution in [3.05, 3.63) is 53.6 Å². The van der Waals surface area contributed by atoms with E-state index in [0.29, 0.717) is 28.3 Å². The van der Waals surface area contributed by atoms with E-state index in [2.05, 4.69) is 5.32 Å². The Balaban J connectivity index is 1.83. The molecule has 20 heavy (non-hydrogen) atoms. The number of nitrogens with one attached hydrogen (secondary N) is 1. The number of para-hydroxylation sites is 1. The monoisotopic (exact) mass is 271 g/mol. The first-order valence-corrected chi connectivity index (χ1v) is 6.17. The van der Waals surface area contributed by atoms with Gasteiger partial charge in [0.2, 0.25) is 6.79 Å². The van der Waals surface area contributed by atoms with E-state index in [9.17, 15) is 9.90 Å². The first-order chi connectivity index (χ1) is 9.78. The third kappa shape index (κ3) is 2.31. The van der Waals surface area contributed by atoms with E-state index in [1.54, 1.807) is 36.4 Å². The highest BCUT2D eigenvalue weighted by Gasteiger charge is 2.16. The summed E-state index contributed by atoms with van der Waals surface area (Å²) in [7, 11) is 0. The molecule has 0 aliphatic carbocycles. The molecule has 0 saturated heterocycles. The van der Waals surface area contributed by atoms with Crippen molar-refractivity contribution in [3.8, 4) is 11.5 Å². The fraction of sp³-hybridized carbons (Fsp3) is 0.133. The number of ether oxygens (including phenoxy) is 2. The zero-order valence-corrected chi connectivity index (χ0v) is 10.6. The average Bonchev–Trinajstić information content (AvgIpc) is 2.95. The van der Waals surface area contributed by atoms with Crippen LogP contribution in [0.4, 0.5) is 5.69 Å². The molecule has 1 aliphatic rings. The van der Waals surface area contributed by atoms with Crippen LogP contribution in [-0.4, -0.2) is 17.8 Å². The van der Waals surface area contributed by atoms with E-state index < -0.39 is 0 Å². The average molecular weight is 271 g/mol. The number of rotatable bonds is 3. The number of hydrogen-bond acceptors (Lipinski definition) is 4. The normalized spacial score (nSPS) is 12.2. The molecule has 0 atom stereocenters. The topological polar surface area (TPSA) is 67.8 Å². The molecule has 2 N–H and O–H groups in total. The van der Waals surface area contributed by atoms with Crippen LogP contribution in [0.1, 0.15) is 15.9 Å². The Labute approximate surface area is 115 Å². The summed E-state index contributed by atoms with van der Waals surface area (Å²) in [4.78, 5) is 12.2. The molecular formula is C15H13NO4. The van der Waals surface area contributed by atoms with E-state index in [1.165, 1.54) is 0 Å². The van der Waals surface area contributed by atoms with Crippen LogP contribution in [0.25, 0.3) is 0 Å². The fourth-order valence-corrected chi connectivity index (χ4v) is 2.01. The summed E-state index contributed by atoms with van der Waals surface area (Å²) in [6.07, 6.45) is 0. The summed E-state index contributed by atoms with van der Waals surface area (Å²) in [5.74, 6) is 0.939. The number of carbonyl (C=O) groups is 1. The molecule has 2 aromatic rings. The quantitative estimate of drug-likeness (QED) is 0.897. The lowest BCUT2D eigenvalue weighted by Gasteiger charge is -2.09. The Hall–Kier alpha value is -2.53. The molecule has 0 radical (unpaired) electrons. The van der Waals surface area contributed by atoms with Gasteiger partial charge in [-0.2, -0.15) is 0 Å². The molecule has 0 fully saturated rings. The molecule has 1 aliphatic heterocycles. The van der Waals surface area contributed by atoms with Crippen LogP contribution in [0.3, 0.4) is 0 Å². The molecule has 0 spiro atoms. The number of fused-ring (bicyclic) bond motifs is 1. The maximum Gasteiger partial charge on any atom is 0.255 e. The van der Waals surface area contributed by atoms with Gasteiger partial charge in [0.05, 0.1) is 6.61 Å². The van der Waals surface area contributed by atoms with Crippen LogP contribution in [0.2, 0.25) is 0 Å². The third-order valence-electron chi connectivity index (χ3n) is 3.07. The van der Waals surface area contributed by atoms with Crippen LogP contribution < -0.4 is 14.8 Å². The summed E-state index contributed by atoms with van der Waals surface area (Å²) in [6.45, 7) is 0.0470. The number of amides is 1. The van der Waals surface area contributed by atoms with Crippen molar-refractivity contribution in [1.82, 2.24) is 0 Å². The highest BCUT2D eigenvalue weighted by molar-refractivity contribution is 6.05. The van der Waals surface area contributed by atoms with Crippen molar-refractivity contribution in [2.45, 2.75) is 6.61 Å². The Morgan fingerprint density at radius 1 is 1.15 bits per heavy atom. The summed E-state index contributed by atoms with van der Waals surface area (Å²) in [5.41, 5.74) is 1.74. The molecule has 5 heteroatoms. The van der Waals surface area contributed by atoms with Gasteiger partial charge in [-0.15, -0.1) is 0 Å². The Morgan fingerprint density at radius 2 is 1.95 bits per heavy atom. The standard InChI is InChI=1S/C15H13NO4/c17-8-11-3-1-2-4-12(11)16-15(18)10-5-6-13-14(7-10)20-9-19-13/h1-7,17H,8-9H2,(H,16,18). The number of benzene rings is 2. The molecule has 5 nitrogen and oxygen atoms in total. The Morgan fingerprint density at radius 3 is 2.80 bits per heavy atom. The molecule has 0 aromatic heterocycles. The first-order valence-electron chi connectivity index (χ1n) is 6.17. The number of anilines is 1. The van der Waals surface area contributed by atoms with Crippen LogP contribution in [0.5, 0.6) is 11.5 Å². The second kappa shape index (κ2) is 5.22. The molecule has 2 aromatic carbocycles. The van der Waals surface area contributed by atoms with Gasteiger partial charge in [0.25, 0.3) is 5.91 Å². The molecule has 0 saturated carbocycles. The largest absolute Gasteiger partial charge is 0.454 e. The summed E-state index contributed by atoms with van der Waals surface area (Å²) in [5, 5.41) is 12.0. The van der Waals surface area contributed by atoms with Crippen LogP contribution in [-0.2, 0) is 6.61 Å². The van der Waals surface area contributed by atoms with E-state index in [1.807, 2.05) is 6.07 Å². The summed E-state index contributed by atoms with van der Waals surface area (Å²) < 4.78 is 10.4. The van der Waals surface area contributed by atoms with E-state index in [4.69, 9.17) is 9.47 Å². The van der Waals surface area contributed by atoms with E-state index in [0.717, 1.165) is 0 Å². The lowest BCUT2D eigenvalue weighted by molar-refractivity contribution is 0.102. The molecule has 3 rings (SSSR count). The van der Waals surface area contributed by atoms with E-state index in [-0.39, 0.29) is 19.3 Å². The molecule has 102 valence electrons. The Bertz CT molecular complexity index is 654. The Kier molecular flexibility index (Phi) is 3.26. The maximum atomic E-state index is 12.2. The highest BCUT2D eigenvalue weighted by atomic mass is 16.7. The van der Waals surface area contributed by atoms with Gasteiger partial charge in [0, 0.05) is 16.8 Å². The summed E-state index contributed by atoms with van der Waals surface area (Å²) in [6, 6.07) is 12.1. The molecular weight excluding hydrogens is 258 g/mol. The van der Waals surface area contributed by atoms with Gasteiger partial charge in [0.1, 0.15) is 0 Å². The van der Waals surface area contributed by atoms with Gasteiger partial charge in [-0.1, -0.05) is 18.2 Å². The third-order valence-corrected chi connectivity index (χ3v) is 3.07. The fourth-order valence-electron chi connectivity index (χ4n) is 2.01. The van der Waals surface area contributed by atoms with Crippen molar-refractivity contribution >= 4 is 11.6 Å². The van der Waals surface area contributed by atoms with Gasteiger partial charge >= 0.3 is 0 Å². The maximum absolute atomic E-state index is 12.2. The minimum absolute atomic E-state index is 0.127. The van der Waals surface area contributed by atoms with Gasteiger partial charge in [-0.05, 0) is 24.3 Å². The number of hydrogen-bond donors (Lipinski definition) is 2. The van der Waals surface area contributed by atoms with Crippen molar-refractivity contribution in [3.63, 3.8) is 0 Å². The highest BCUT2D eigenvalue weighted by Crippen LogP contribution is 2.32. The zero-order chi connectivity index (χ0) is 13.9.